The lowest BCUT2D eigenvalue weighted by atomic mass is 10.1. The van der Waals surface area contributed by atoms with Crippen molar-refractivity contribution in [2.24, 2.45) is 0 Å². The Hall–Kier alpha value is -1.31. The largest absolute Gasteiger partial charge is 0.332 e. The summed E-state index contributed by atoms with van der Waals surface area (Å²) in [6.45, 7) is 7.16. The van der Waals surface area contributed by atoms with Gasteiger partial charge < -0.3 is 4.90 Å². The van der Waals surface area contributed by atoms with Crippen LogP contribution in [0.4, 0.5) is 0 Å². The van der Waals surface area contributed by atoms with E-state index in [1.165, 1.54) is 11.1 Å². The summed E-state index contributed by atoms with van der Waals surface area (Å²) in [6.07, 6.45) is 2.21. The summed E-state index contributed by atoms with van der Waals surface area (Å²) < 4.78 is 0. The van der Waals surface area contributed by atoms with Crippen LogP contribution < -0.4 is 0 Å². The third kappa shape index (κ3) is 1.84. The second-order valence-corrected chi connectivity index (χ2v) is 4.73. The average Bonchev–Trinajstić information content (AvgIpc) is 2.56. The second-order valence-electron chi connectivity index (χ2n) is 4.73. The lowest BCUT2D eigenvalue weighted by Gasteiger charge is -2.23. The van der Waals surface area contributed by atoms with Crippen LogP contribution in [0, 0.1) is 6.92 Å². The highest BCUT2D eigenvalue weighted by Crippen LogP contribution is 2.26. The van der Waals surface area contributed by atoms with Crippen LogP contribution in [-0.2, 0) is 6.54 Å². The molecule has 1 aromatic rings. The highest BCUT2D eigenvalue weighted by molar-refractivity contribution is 5.98. The number of carbonyl (C=O) groups excluding carboxylic acids is 1. The maximum atomic E-state index is 12.2. The molecule has 16 heavy (non-hydrogen) atoms. The standard InChI is InChI=1S/C14H19NO/c1-4-5-11(3)15-9-12-8-10(2)6-7-13(12)14(15)16/h6-8,11H,4-5,9H2,1-3H3. The molecule has 1 aromatic carbocycles. The molecule has 1 unspecified atom stereocenters. The smallest absolute Gasteiger partial charge is 0.254 e. The number of fused-ring (bicyclic) bond motifs is 1. The lowest BCUT2D eigenvalue weighted by molar-refractivity contribution is 0.0709. The van der Waals surface area contributed by atoms with Crippen LogP contribution >= 0.6 is 0 Å². The van der Waals surface area contributed by atoms with Gasteiger partial charge in [-0.3, -0.25) is 4.79 Å². The first-order chi connectivity index (χ1) is 7.63. The first-order valence-corrected chi connectivity index (χ1v) is 6.04. The van der Waals surface area contributed by atoms with Crippen molar-refractivity contribution in [1.82, 2.24) is 4.90 Å². The van der Waals surface area contributed by atoms with Gasteiger partial charge in [0.05, 0.1) is 0 Å². The molecule has 0 N–H and O–H groups in total. The van der Waals surface area contributed by atoms with E-state index in [0.717, 1.165) is 24.9 Å². The van der Waals surface area contributed by atoms with Gasteiger partial charge in [-0.05, 0) is 31.9 Å². The molecule has 86 valence electrons. The maximum Gasteiger partial charge on any atom is 0.254 e. The fourth-order valence-corrected chi connectivity index (χ4v) is 2.40. The molecule has 1 atom stereocenters. The Morgan fingerprint density at radius 2 is 2.19 bits per heavy atom. The zero-order valence-corrected chi connectivity index (χ0v) is 10.3. The molecule has 1 heterocycles. The molecular weight excluding hydrogens is 198 g/mol. The Balaban J connectivity index is 2.23. The molecule has 1 aliphatic heterocycles. The Kier molecular flexibility index (Phi) is 2.99. The SMILES string of the molecule is CCCC(C)N1Cc2cc(C)ccc2C1=O. The quantitative estimate of drug-likeness (QED) is 0.761. The van der Waals surface area contributed by atoms with Gasteiger partial charge in [0.2, 0.25) is 0 Å². The van der Waals surface area contributed by atoms with Gasteiger partial charge in [-0.25, -0.2) is 0 Å². The van der Waals surface area contributed by atoms with E-state index < -0.39 is 0 Å². The zero-order valence-electron chi connectivity index (χ0n) is 10.3. The topological polar surface area (TPSA) is 20.3 Å². The van der Waals surface area contributed by atoms with E-state index in [9.17, 15) is 4.79 Å². The molecule has 0 aromatic heterocycles. The summed E-state index contributed by atoms with van der Waals surface area (Å²) in [5.74, 6) is 0.205. The molecule has 0 radical (unpaired) electrons. The lowest BCUT2D eigenvalue weighted by Crippen LogP contribution is -2.33. The number of amides is 1. The number of benzene rings is 1. The number of nitrogens with zero attached hydrogens (tertiary/aromatic N) is 1. The summed E-state index contributed by atoms with van der Waals surface area (Å²) in [5, 5.41) is 0. The Labute approximate surface area is 97.3 Å². The Morgan fingerprint density at radius 3 is 2.88 bits per heavy atom. The van der Waals surface area contributed by atoms with E-state index in [4.69, 9.17) is 0 Å². The van der Waals surface area contributed by atoms with Crippen LogP contribution in [0.15, 0.2) is 18.2 Å². The molecule has 2 rings (SSSR count). The molecule has 0 fully saturated rings. The maximum absolute atomic E-state index is 12.2. The minimum absolute atomic E-state index is 0.205. The van der Waals surface area contributed by atoms with Crippen LogP contribution in [0.25, 0.3) is 0 Å². The van der Waals surface area contributed by atoms with Gasteiger partial charge in [-0.2, -0.15) is 0 Å². The highest BCUT2D eigenvalue weighted by Gasteiger charge is 2.29. The normalized spacial score (nSPS) is 16.4. The molecule has 0 bridgehead atoms. The van der Waals surface area contributed by atoms with Crippen molar-refractivity contribution < 1.29 is 4.79 Å². The summed E-state index contributed by atoms with van der Waals surface area (Å²) in [4.78, 5) is 14.1. The molecule has 1 amide bonds. The fraction of sp³-hybridized carbons (Fsp3) is 0.500. The minimum Gasteiger partial charge on any atom is -0.332 e. The average molecular weight is 217 g/mol. The first kappa shape index (κ1) is 11.2. The van der Waals surface area contributed by atoms with Gasteiger partial charge in [0.1, 0.15) is 0 Å². The Bertz CT molecular complexity index is 411. The molecular formula is C14H19NO. The van der Waals surface area contributed by atoms with E-state index in [-0.39, 0.29) is 5.91 Å². The third-order valence-corrected chi connectivity index (χ3v) is 3.33. The van der Waals surface area contributed by atoms with Gasteiger partial charge >= 0.3 is 0 Å². The van der Waals surface area contributed by atoms with Gasteiger partial charge in [-0.15, -0.1) is 0 Å². The van der Waals surface area contributed by atoms with Crippen LogP contribution in [0.3, 0.4) is 0 Å². The summed E-state index contributed by atoms with van der Waals surface area (Å²) in [6, 6.07) is 6.47. The van der Waals surface area contributed by atoms with Crippen LogP contribution in [0.2, 0.25) is 0 Å². The molecule has 2 nitrogen and oxygen atoms in total. The number of hydrogen-bond donors (Lipinski definition) is 0. The summed E-state index contributed by atoms with van der Waals surface area (Å²) in [7, 11) is 0. The van der Waals surface area contributed by atoms with Crippen molar-refractivity contribution in [3.63, 3.8) is 0 Å². The molecule has 1 aliphatic rings. The van der Waals surface area contributed by atoms with Crippen molar-refractivity contribution in [3.8, 4) is 0 Å². The summed E-state index contributed by atoms with van der Waals surface area (Å²) >= 11 is 0. The molecule has 0 saturated carbocycles. The van der Waals surface area contributed by atoms with Crippen molar-refractivity contribution in [2.45, 2.75) is 46.2 Å². The fourth-order valence-electron chi connectivity index (χ4n) is 2.40. The summed E-state index contributed by atoms with van der Waals surface area (Å²) in [5.41, 5.74) is 3.32. The van der Waals surface area contributed by atoms with E-state index in [2.05, 4.69) is 26.8 Å². The molecule has 0 saturated heterocycles. The molecule has 0 aliphatic carbocycles. The first-order valence-electron chi connectivity index (χ1n) is 6.04. The van der Waals surface area contributed by atoms with Crippen molar-refractivity contribution in [2.75, 3.05) is 0 Å². The van der Waals surface area contributed by atoms with Gasteiger partial charge in [-0.1, -0.05) is 31.0 Å². The van der Waals surface area contributed by atoms with Gasteiger partial charge in [0.15, 0.2) is 0 Å². The van der Waals surface area contributed by atoms with E-state index >= 15 is 0 Å². The van der Waals surface area contributed by atoms with Crippen molar-refractivity contribution in [1.29, 1.82) is 0 Å². The predicted octanol–water partition coefficient (Wildman–Crippen LogP) is 3.14. The van der Waals surface area contributed by atoms with Crippen LogP contribution in [-0.4, -0.2) is 16.8 Å². The van der Waals surface area contributed by atoms with Crippen molar-refractivity contribution >= 4 is 5.91 Å². The van der Waals surface area contributed by atoms with Crippen LogP contribution in [0.5, 0.6) is 0 Å². The molecule has 2 heteroatoms. The number of carbonyl (C=O) groups is 1. The highest BCUT2D eigenvalue weighted by atomic mass is 16.2. The van der Waals surface area contributed by atoms with Gasteiger partial charge in [0.25, 0.3) is 5.91 Å². The third-order valence-electron chi connectivity index (χ3n) is 3.33. The van der Waals surface area contributed by atoms with E-state index in [0.29, 0.717) is 6.04 Å². The van der Waals surface area contributed by atoms with Gasteiger partial charge in [0, 0.05) is 18.2 Å². The minimum atomic E-state index is 0.205. The van der Waals surface area contributed by atoms with E-state index in [1.807, 2.05) is 17.0 Å². The Morgan fingerprint density at radius 1 is 1.44 bits per heavy atom. The molecule has 0 spiro atoms. The van der Waals surface area contributed by atoms with Crippen molar-refractivity contribution in [3.05, 3.63) is 34.9 Å². The monoisotopic (exact) mass is 217 g/mol. The zero-order chi connectivity index (χ0) is 11.7. The number of aryl methyl sites for hydroxylation is 1. The second kappa shape index (κ2) is 4.28. The number of rotatable bonds is 3. The van der Waals surface area contributed by atoms with E-state index in [1.54, 1.807) is 0 Å². The predicted molar refractivity (Wildman–Crippen MR) is 65.4 cm³/mol. The number of hydrogen-bond acceptors (Lipinski definition) is 1. The van der Waals surface area contributed by atoms with Crippen LogP contribution in [0.1, 0.15) is 48.2 Å².